The fraction of sp³-hybridized carbons (Fsp3) is 0.550. The molecule has 2 aliphatic heterocycles. The molecule has 0 aromatic heterocycles. The summed E-state index contributed by atoms with van der Waals surface area (Å²) in [6.45, 7) is 1.46. The molecule has 26 heavy (non-hydrogen) atoms. The van der Waals surface area contributed by atoms with Crippen molar-refractivity contribution in [2.45, 2.75) is 51.2 Å². The van der Waals surface area contributed by atoms with Crippen molar-refractivity contribution in [3.8, 4) is 0 Å². The highest BCUT2D eigenvalue weighted by Crippen LogP contribution is 2.20. The molecule has 0 aliphatic carbocycles. The molecule has 2 fully saturated rings. The number of hydrogen-bond acceptors (Lipinski definition) is 4. The van der Waals surface area contributed by atoms with Crippen LogP contribution in [0.15, 0.2) is 30.3 Å². The van der Waals surface area contributed by atoms with Crippen LogP contribution in [0.5, 0.6) is 0 Å². The van der Waals surface area contributed by atoms with E-state index < -0.39 is 6.04 Å². The van der Waals surface area contributed by atoms with Crippen molar-refractivity contribution in [2.75, 3.05) is 19.6 Å². The van der Waals surface area contributed by atoms with Crippen LogP contribution in [0.25, 0.3) is 0 Å². The lowest BCUT2D eigenvalue weighted by molar-refractivity contribution is -0.155. The second kappa shape index (κ2) is 8.83. The van der Waals surface area contributed by atoms with Crippen molar-refractivity contribution < 1.29 is 19.1 Å². The van der Waals surface area contributed by atoms with Crippen molar-refractivity contribution in [1.29, 1.82) is 0 Å². The molecule has 1 unspecified atom stereocenters. The molecule has 6 heteroatoms. The topological polar surface area (TPSA) is 66.9 Å². The van der Waals surface area contributed by atoms with E-state index in [1.165, 1.54) is 0 Å². The van der Waals surface area contributed by atoms with Gasteiger partial charge in [0.1, 0.15) is 12.6 Å². The summed E-state index contributed by atoms with van der Waals surface area (Å²) < 4.78 is 5.41. The highest BCUT2D eigenvalue weighted by Gasteiger charge is 2.36. The Morgan fingerprint density at radius 1 is 1.04 bits per heavy atom. The van der Waals surface area contributed by atoms with Crippen molar-refractivity contribution in [2.24, 2.45) is 0 Å². The van der Waals surface area contributed by atoms with Crippen LogP contribution in [-0.4, -0.2) is 53.3 Å². The molecule has 1 atom stereocenters. The number of esters is 1. The summed E-state index contributed by atoms with van der Waals surface area (Å²) in [5, 5.41) is 0. The van der Waals surface area contributed by atoms with Gasteiger partial charge in [0.25, 0.3) is 0 Å². The predicted octanol–water partition coefficient (Wildman–Crippen LogP) is 2.12. The van der Waals surface area contributed by atoms with Gasteiger partial charge in [-0.2, -0.15) is 0 Å². The van der Waals surface area contributed by atoms with Gasteiger partial charge in [-0.1, -0.05) is 36.8 Å². The van der Waals surface area contributed by atoms with E-state index in [0.717, 1.165) is 31.2 Å². The third-order valence-electron chi connectivity index (χ3n) is 5.07. The van der Waals surface area contributed by atoms with Crippen molar-refractivity contribution in [3.05, 3.63) is 35.9 Å². The molecule has 2 aliphatic rings. The van der Waals surface area contributed by atoms with Crippen LogP contribution in [-0.2, 0) is 25.7 Å². The molecule has 1 aromatic carbocycles. The Hall–Kier alpha value is -2.37. The summed E-state index contributed by atoms with van der Waals surface area (Å²) >= 11 is 0. The number of carbonyl (C=O) groups is 3. The minimum atomic E-state index is -0.534. The summed E-state index contributed by atoms with van der Waals surface area (Å²) in [7, 11) is 0. The Morgan fingerprint density at radius 3 is 2.65 bits per heavy atom. The summed E-state index contributed by atoms with van der Waals surface area (Å²) in [6.07, 6.45) is 4.76. The number of hydrogen-bond donors (Lipinski definition) is 0. The lowest BCUT2D eigenvalue weighted by Gasteiger charge is -2.27. The predicted molar refractivity (Wildman–Crippen MR) is 96.0 cm³/mol. The third kappa shape index (κ3) is 4.62. The van der Waals surface area contributed by atoms with Gasteiger partial charge in [0.05, 0.1) is 6.54 Å². The van der Waals surface area contributed by atoms with Gasteiger partial charge in [0, 0.05) is 19.5 Å². The van der Waals surface area contributed by atoms with Gasteiger partial charge >= 0.3 is 5.97 Å². The van der Waals surface area contributed by atoms with Crippen molar-refractivity contribution >= 4 is 17.8 Å². The van der Waals surface area contributed by atoms with Crippen LogP contribution in [0.3, 0.4) is 0 Å². The summed E-state index contributed by atoms with van der Waals surface area (Å²) in [4.78, 5) is 40.5. The number of rotatable bonds is 5. The molecular weight excluding hydrogens is 332 g/mol. The summed E-state index contributed by atoms with van der Waals surface area (Å²) in [5.41, 5.74) is 0.923. The Morgan fingerprint density at radius 2 is 1.85 bits per heavy atom. The largest absolute Gasteiger partial charge is 0.459 e. The molecule has 0 saturated carbocycles. The molecule has 0 radical (unpaired) electrons. The lowest BCUT2D eigenvalue weighted by Crippen LogP contribution is -2.47. The molecule has 2 saturated heterocycles. The van der Waals surface area contributed by atoms with E-state index >= 15 is 0 Å². The standard InChI is InChI=1S/C20H26N2O4/c23-18-11-5-2-6-12-21(18)14-19(24)22-13-7-10-17(22)20(25)26-15-16-8-3-1-4-9-16/h1,3-4,8-9,17H,2,5-7,10-15H2. The van der Waals surface area contributed by atoms with Gasteiger partial charge in [-0.25, -0.2) is 4.79 Å². The van der Waals surface area contributed by atoms with E-state index in [4.69, 9.17) is 4.74 Å². The van der Waals surface area contributed by atoms with Crippen molar-refractivity contribution in [3.63, 3.8) is 0 Å². The van der Waals surface area contributed by atoms with E-state index in [1.54, 1.807) is 9.80 Å². The SMILES string of the molecule is O=C(OCc1ccccc1)C1CCCN1C(=O)CN1CCCCCC1=O. The fourth-order valence-electron chi connectivity index (χ4n) is 3.59. The number of carbonyl (C=O) groups excluding carboxylic acids is 3. The number of likely N-dealkylation sites (tertiary alicyclic amines) is 2. The molecule has 6 nitrogen and oxygen atoms in total. The molecule has 3 rings (SSSR count). The molecule has 1 aromatic rings. The smallest absolute Gasteiger partial charge is 0.329 e. The van der Waals surface area contributed by atoms with E-state index in [-0.39, 0.29) is 30.9 Å². The second-order valence-electron chi connectivity index (χ2n) is 6.96. The van der Waals surface area contributed by atoms with E-state index in [0.29, 0.717) is 25.9 Å². The average Bonchev–Trinajstić information content (AvgIpc) is 3.07. The maximum absolute atomic E-state index is 12.7. The fourth-order valence-corrected chi connectivity index (χ4v) is 3.59. The Labute approximate surface area is 154 Å². The van der Waals surface area contributed by atoms with Gasteiger partial charge in [0.15, 0.2) is 0 Å². The highest BCUT2D eigenvalue weighted by atomic mass is 16.5. The number of nitrogens with zero attached hydrogens (tertiary/aromatic N) is 2. The van der Waals surface area contributed by atoms with E-state index in [1.807, 2.05) is 30.3 Å². The van der Waals surface area contributed by atoms with Gasteiger partial charge in [0.2, 0.25) is 11.8 Å². The first-order valence-corrected chi connectivity index (χ1v) is 9.43. The van der Waals surface area contributed by atoms with Crippen LogP contribution in [0, 0.1) is 0 Å². The first-order chi connectivity index (χ1) is 12.6. The highest BCUT2D eigenvalue weighted by molar-refractivity contribution is 5.89. The van der Waals surface area contributed by atoms with E-state index in [2.05, 4.69) is 0 Å². The first-order valence-electron chi connectivity index (χ1n) is 9.43. The lowest BCUT2D eigenvalue weighted by atomic mass is 10.2. The molecule has 0 N–H and O–H groups in total. The average molecular weight is 358 g/mol. The van der Waals surface area contributed by atoms with Gasteiger partial charge in [-0.3, -0.25) is 9.59 Å². The normalized spacial score (nSPS) is 20.8. The Kier molecular flexibility index (Phi) is 6.26. The molecule has 140 valence electrons. The minimum absolute atomic E-state index is 0.0400. The minimum Gasteiger partial charge on any atom is -0.459 e. The zero-order valence-electron chi connectivity index (χ0n) is 15.1. The maximum atomic E-state index is 12.7. The second-order valence-corrected chi connectivity index (χ2v) is 6.96. The molecule has 0 spiro atoms. The third-order valence-corrected chi connectivity index (χ3v) is 5.07. The van der Waals surface area contributed by atoms with Gasteiger partial charge < -0.3 is 14.5 Å². The zero-order valence-corrected chi connectivity index (χ0v) is 15.1. The number of benzene rings is 1. The molecular formula is C20H26N2O4. The Bertz CT molecular complexity index is 646. The summed E-state index contributed by atoms with van der Waals surface area (Å²) in [5.74, 6) is -0.473. The van der Waals surface area contributed by atoms with Crippen LogP contribution >= 0.6 is 0 Å². The monoisotopic (exact) mass is 358 g/mol. The summed E-state index contributed by atoms with van der Waals surface area (Å²) in [6, 6.07) is 8.96. The number of ether oxygens (including phenoxy) is 1. The first kappa shape index (κ1) is 18.4. The van der Waals surface area contributed by atoms with E-state index in [9.17, 15) is 14.4 Å². The van der Waals surface area contributed by atoms with Gasteiger partial charge in [-0.15, -0.1) is 0 Å². The van der Waals surface area contributed by atoms with Gasteiger partial charge in [-0.05, 0) is 31.2 Å². The maximum Gasteiger partial charge on any atom is 0.329 e. The van der Waals surface area contributed by atoms with Crippen LogP contribution < -0.4 is 0 Å². The van der Waals surface area contributed by atoms with Crippen LogP contribution in [0.1, 0.15) is 44.1 Å². The van der Waals surface area contributed by atoms with Crippen molar-refractivity contribution in [1.82, 2.24) is 9.80 Å². The Balaban J connectivity index is 1.55. The molecule has 2 amide bonds. The molecule has 0 bridgehead atoms. The van der Waals surface area contributed by atoms with Crippen LogP contribution in [0.4, 0.5) is 0 Å². The van der Waals surface area contributed by atoms with Crippen LogP contribution in [0.2, 0.25) is 0 Å². The zero-order chi connectivity index (χ0) is 18.4. The number of amides is 2. The molecule has 2 heterocycles. The quantitative estimate of drug-likeness (QED) is 0.756.